The van der Waals surface area contributed by atoms with E-state index in [1.165, 1.54) is 17.7 Å². The van der Waals surface area contributed by atoms with Crippen molar-refractivity contribution in [3.8, 4) is 5.75 Å². The number of aromatic nitrogens is 2. The lowest BCUT2D eigenvalue weighted by Crippen LogP contribution is -2.17. The second-order valence-corrected chi connectivity index (χ2v) is 8.11. The van der Waals surface area contributed by atoms with Crippen LogP contribution in [0.15, 0.2) is 60.0 Å². The van der Waals surface area contributed by atoms with Crippen molar-refractivity contribution in [2.45, 2.75) is 13.5 Å². The Morgan fingerprint density at radius 3 is 2.65 bits per heavy atom. The minimum absolute atomic E-state index is 0.320. The Kier molecular flexibility index (Phi) is 6.11. The predicted octanol–water partition coefficient (Wildman–Crippen LogP) is 4.58. The van der Waals surface area contributed by atoms with E-state index in [4.69, 9.17) is 22.1 Å². The molecule has 4 aromatic rings. The maximum Gasteiger partial charge on any atom is 0.281 e. The molecule has 1 amide bonds. The first-order chi connectivity index (χ1) is 15.0. The summed E-state index contributed by atoms with van der Waals surface area (Å²) < 4.78 is 5.76. The van der Waals surface area contributed by atoms with Crippen molar-refractivity contribution in [3.05, 3.63) is 81.4 Å². The first-order valence-electron chi connectivity index (χ1n) is 9.31. The Bertz CT molecular complexity index is 1250. The summed E-state index contributed by atoms with van der Waals surface area (Å²) in [6.07, 6.45) is 2.95. The van der Waals surface area contributed by atoms with Gasteiger partial charge in [-0.1, -0.05) is 23.7 Å². The van der Waals surface area contributed by atoms with Gasteiger partial charge in [0.25, 0.3) is 5.91 Å². The third-order valence-corrected chi connectivity index (χ3v) is 5.99. The van der Waals surface area contributed by atoms with Crippen molar-refractivity contribution >= 4 is 51.1 Å². The van der Waals surface area contributed by atoms with Crippen LogP contribution in [0.4, 0.5) is 5.82 Å². The minimum atomic E-state index is -0.320. The highest BCUT2D eigenvalue weighted by atomic mass is 35.5. The maximum absolute atomic E-state index is 12.5. The Hall–Kier alpha value is -3.49. The van der Waals surface area contributed by atoms with Crippen LogP contribution < -0.4 is 15.9 Å². The van der Waals surface area contributed by atoms with Crippen molar-refractivity contribution in [2.75, 3.05) is 5.73 Å². The maximum atomic E-state index is 12.5. The molecule has 0 aliphatic rings. The number of anilines is 1. The zero-order chi connectivity index (χ0) is 21.8. The highest BCUT2D eigenvalue weighted by Crippen LogP contribution is 2.31. The molecule has 0 unspecified atom stereocenters. The molecule has 0 atom stereocenters. The molecule has 0 radical (unpaired) electrons. The van der Waals surface area contributed by atoms with Gasteiger partial charge < -0.3 is 10.5 Å². The van der Waals surface area contributed by atoms with Crippen molar-refractivity contribution in [1.82, 2.24) is 15.4 Å². The highest BCUT2D eigenvalue weighted by molar-refractivity contribution is 7.20. The molecule has 0 aliphatic carbocycles. The third kappa shape index (κ3) is 4.82. The van der Waals surface area contributed by atoms with Gasteiger partial charge >= 0.3 is 0 Å². The topological polar surface area (TPSA) is 102 Å². The van der Waals surface area contributed by atoms with Gasteiger partial charge in [-0.25, -0.2) is 15.4 Å². The number of ether oxygens (including phenoxy) is 1. The van der Waals surface area contributed by atoms with E-state index < -0.39 is 0 Å². The number of halogens is 1. The number of nitrogens with one attached hydrogen (secondary N) is 1. The zero-order valence-electron chi connectivity index (χ0n) is 16.5. The van der Waals surface area contributed by atoms with Gasteiger partial charge in [0.05, 0.1) is 16.5 Å². The number of benzene rings is 2. The van der Waals surface area contributed by atoms with Gasteiger partial charge in [0, 0.05) is 5.02 Å². The molecular weight excluding hydrogens is 434 g/mol. The van der Waals surface area contributed by atoms with Gasteiger partial charge in [-0.2, -0.15) is 5.10 Å². The monoisotopic (exact) mass is 451 g/mol. The lowest BCUT2D eigenvalue weighted by molar-refractivity contribution is 0.0958. The fraction of sp³-hybridized carbons (Fsp3) is 0.0909. The lowest BCUT2D eigenvalue weighted by atomic mass is 10.2. The van der Waals surface area contributed by atoms with Gasteiger partial charge in [0.15, 0.2) is 0 Å². The quantitative estimate of drug-likeness (QED) is 0.330. The summed E-state index contributed by atoms with van der Waals surface area (Å²) in [7, 11) is 0. The molecule has 0 spiro atoms. The molecular formula is C22H18ClN5O2S. The number of thiophene rings is 1. The van der Waals surface area contributed by atoms with Crippen molar-refractivity contribution in [3.63, 3.8) is 0 Å². The number of nitrogens with two attached hydrogens (primary N) is 1. The molecule has 2 aromatic carbocycles. The molecule has 0 fully saturated rings. The first-order valence-corrected chi connectivity index (χ1v) is 10.5. The van der Waals surface area contributed by atoms with Gasteiger partial charge in [-0.05, 0) is 60.0 Å². The summed E-state index contributed by atoms with van der Waals surface area (Å²) in [4.78, 5) is 21.8. The first kappa shape index (κ1) is 20.8. The highest BCUT2D eigenvalue weighted by Gasteiger charge is 2.17. The smallest absolute Gasteiger partial charge is 0.281 e. The van der Waals surface area contributed by atoms with Crippen LogP contribution in [-0.2, 0) is 6.61 Å². The number of aryl methyl sites for hydroxylation is 1. The Labute approximate surface area is 187 Å². The molecule has 0 saturated carbocycles. The predicted molar refractivity (Wildman–Crippen MR) is 124 cm³/mol. The average Bonchev–Trinajstić information content (AvgIpc) is 3.12. The van der Waals surface area contributed by atoms with E-state index in [1.807, 2.05) is 55.5 Å². The van der Waals surface area contributed by atoms with E-state index in [-0.39, 0.29) is 5.91 Å². The van der Waals surface area contributed by atoms with E-state index >= 15 is 0 Å². The fourth-order valence-electron chi connectivity index (χ4n) is 2.93. The Morgan fingerprint density at radius 1 is 1.19 bits per heavy atom. The number of hydrogen-bond donors (Lipinski definition) is 2. The van der Waals surface area contributed by atoms with Crippen molar-refractivity contribution < 1.29 is 9.53 Å². The summed E-state index contributed by atoms with van der Waals surface area (Å²) in [5.41, 5.74) is 11.0. The van der Waals surface area contributed by atoms with Crippen LogP contribution >= 0.6 is 22.9 Å². The zero-order valence-corrected chi connectivity index (χ0v) is 18.1. The molecule has 3 N–H and O–H groups in total. The summed E-state index contributed by atoms with van der Waals surface area (Å²) >= 11 is 7.14. The Morgan fingerprint density at radius 2 is 1.94 bits per heavy atom. The fourth-order valence-corrected chi connectivity index (χ4v) is 4.10. The van der Waals surface area contributed by atoms with Gasteiger partial charge in [-0.15, -0.1) is 11.3 Å². The van der Waals surface area contributed by atoms with Crippen LogP contribution in [-0.4, -0.2) is 22.1 Å². The Balaban J connectivity index is 1.35. The number of hydrogen-bond acceptors (Lipinski definition) is 7. The normalized spacial score (nSPS) is 11.2. The molecule has 2 heterocycles. The molecule has 2 aromatic heterocycles. The number of hydrazone groups is 1. The molecule has 7 nitrogen and oxygen atoms in total. The standard InChI is InChI=1S/C22H18ClN5O2S/c1-13-18-20(24)25-12-26-22(18)31-19(13)21(29)28-27-10-14-4-8-17(9-5-14)30-11-15-2-6-16(23)7-3-15/h2-10,12H,11H2,1H3,(H,28,29)(H2,24,25,26)/b27-10-. The molecule has 9 heteroatoms. The van der Waals surface area contributed by atoms with E-state index in [0.717, 1.165) is 22.4 Å². The van der Waals surface area contributed by atoms with E-state index in [0.29, 0.717) is 32.5 Å². The summed E-state index contributed by atoms with van der Waals surface area (Å²) in [5.74, 6) is 0.773. The van der Waals surface area contributed by atoms with Crippen LogP contribution in [0.3, 0.4) is 0 Å². The number of nitrogen functional groups attached to an aromatic ring is 1. The van der Waals surface area contributed by atoms with Crippen molar-refractivity contribution in [1.29, 1.82) is 0 Å². The van der Waals surface area contributed by atoms with Crippen molar-refractivity contribution in [2.24, 2.45) is 5.10 Å². The van der Waals surface area contributed by atoms with Crippen LogP contribution in [0.1, 0.15) is 26.4 Å². The van der Waals surface area contributed by atoms with Crippen LogP contribution in [0.2, 0.25) is 5.02 Å². The van der Waals surface area contributed by atoms with Gasteiger partial charge in [0.1, 0.15) is 29.3 Å². The minimum Gasteiger partial charge on any atom is -0.489 e. The molecule has 156 valence electrons. The largest absolute Gasteiger partial charge is 0.489 e. The number of carbonyl (C=O) groups is 1. The van der Waals surface area contributed by atoms with Crippen LogP contribution in [0, 0.1) is 6.92 Å². The SMILES string of the molecule is Cc1c(C(=O)N/N=C\c2ccc(OCc3ccc(Cl)cc3)cc2)sc2ncnc(N)c12. The summed E-state index contributed by atoms with van der Waals surface area (Å²) in [5, 5.41) is 5.44. The van der Waals surface area contributed by atoms with Crippen LogP contribution in [0.5, 0.6) is 5.75 Å². The van der Waals surface area contributed by atoms with E-state index in [2.05, 4.69) is 20.5 Å². The summed E-state index contributed by atoms with van der Waals surface area (Å²) in [6, 6.07) is 14.9. The number of rotatable bonds is 6. The molecule has 0 bridgehead atoms. The summed E-state index contributed by atoms with van der Waals surface area (Å²) in [6.45, 7) is 2.27. The molecule has 4 rings (SSSR count). The molecule has 0 aliphatic heterocycles. The van der Waals surface area contributed by atoms with E-state index in [1.54, 1.807) is 6.21 Å². The van der Waals surface area contributed by atoms with Gasteiger partial charge in [-0.3, -0.25) is 4.79 Å². The molecule has 0 saturated heterocycles. The lowest BCUT2D eigenvalue weighted by Gasteiger charge is -2.06. The van der Waals surface area contributed by atoms with Crippen LogP contribution in [0.25, 0.3) is 10.2 Å². The number of fused-ring (bicyclic) bond motifs is 1. The second kappa shape index (κ2) is 9.11. The number of amides is 1. The molecule has 31 heavy (non-hydrogen) atoms. The number of nitrogens with zero attached hydrogens (tertiary/aromatic N) is 3. The van der Waals surface area contributed by atoms with Gasteiger partial charge in [0.2, 0.25) is 0 Å². The van der Waals surface area contributed by atoms with E-state index in [9.17, 15) is 4.79 Å². The third-order valence-electron chi connectivity index (χ3n) is 4.54. The number of carbonyl (C=O) groups excluding carboxylic acids is 1. The second-order valence-electron chi connectivity index (χ2n) is 6.68. The average molecular weight is 452 g/mol.